The molecule has 0 bridgehead atoms. The van der Waals surface area contributed by atoms with E-state index >= 15 is 0 Å². The molecule has 1 aromatic heterocycles. The average Bonchev–Trinajstić information content (AvgIpc) is 2.28. The molecule has 1 heterocycles. The molecule has 0 unspecified atom stereocenters. The Bertz CT molecular complexity index is 426. The first-order valence-corrected chi connectivity index (χ1v) is 5.77. The van der Waals surface area contributed by atoms with Gasteiger partial charge in [0.15, 0.2) is 0 Å². The molecule has 0 aliphatic rings. The van der Waals surface area contributed by atoms with Crippen LogP contribution in [0.3, 0.4) is 0 Å². The second kappa shape index (κ2) is 5.08. The molecule has 76 valence electrons. The van der Waals surface area contributed by atoms with Gasteiger partial charge in [-0.3, -0.25) is 4.98 Å². The molecule has 0 saturated heterocycles. The van der Waals surface area contributed by atoms with E-state index in [4.69, 9.17) is 0 Å². The summed E-state index contributed by atoms with van der Waals surface area (Å²) < 4.78 is 1.05. The Morgan fingerprint density at radius 2 is 1.67 bits per heavy atom. The third kappa shape index (κ3) is 3.17. The van der Waals surface area contributed by atoms with Gasteiger partial charge in [-0.25, -0.2) is 0 Å². The molecule has 0 aliphatic carbocycles. The lowest BCUT2D eigenvalue weighted by atomic mass is 10.1. The Morgan fingerprint density at radius 1 is 0.933 bits per heavy atom. The van der Waals surface area contributed by atoms with Gasteiger partial charge in [0, 0.05) is 16.9 Å². The summed E-state index contributed by atoms with van der Waals surface area (Å²) in [5.41, 5.74) is 2.64. The van der Waals surface area contributed by atoms with Crippen LogP contribution >= 0.6 is 15.9 Å². The zero-order valence-corrected chi connectivity index (χ0v) is 9.94. The number of aryl methyl sites for hydroxylation is 2. The standard InChI is InChI=1S/C13H12BrN/c14-13-8-12(9-15-10-13)7-6-11-4-2-1-3-5-11/h1-5,8-10H,6-7H2. The molecule has 1 nitrogen and oxygen atoms in total. The van der Waals surface area contributed by atoms with Crippen LogP contribution in [0.2, 0.25) is 0 Å². The minimum Gasteiger partial charge on any atom is -0.263 e. The largest absolute Gasteiger partial charge is 0.263 e. The van der Waals surface area contributed by atoms with Crippen molar-refractivity contribution in [3.8, 4) is 0 Å². The summed E-state index contributed by atoms with van der Waals surface area (Å²) in [6, 6.07) is 12.6. The zero-order valence-electron chi connectivity index (χ0n) is 8.36. The topological polar surface area (TPSA) is 12.9 Å². The number of benzene rings is 1. The van der Waals surface area contributed by atoms with Crippen molar-refractivity contribution < 1.29 is 0 Å². The summed E-state index contributed by atoms with van der Waals surface area (Å²) in [5.74, 6) is 0. The molecule has 2 heteroatoms. The number of halogens is 1. The SMILES string of the molecule is Brc1cncc(CCc2ccccc2)c1. The fraction of sp³-hybridized carbons (Fsp3) is 0.154. The van der Waals surface area contributed by atoms with Crippen molar-refractivity contribution in [1.82, 2.24) is 4.98 Å². The maximum atomic E-state index is 4.15. The Kier molecular flexibility index (Phi) is 3.51. The van der Waals surface area contributed by atoms with E-state index in [2.05, 4.69) is 51.2 Å². The zero-order chi connectivity index (χ0) is 10.5. The highest BCUT2D eigenvalue weighted by Gasteiger charge is 1.96. The van der Waals surface area contributed by atoms with Crippen molar-refractivity contribution in [3.63, 3.8) is 0 Å². The van der Waals surface area contributed by atoms with Crippen LogP contribution in [0.4, 0.5) is 0 Å². The molecular formula is C13H12BrN. The van der Waals surface area contributed by atoms with Gasteiger partial charge in [-0.15, -0.1) is 0 Å². The van der Waals surface area contributed by atoms with E-state index in [-0.39, 0.29) is 0 Å². The van der Waals surface area contributed by atoms with E-state index < -0.39 is 0 Å². The summed E-state index contributed by atoms with van der Waals surface area (Å²) in [6.45, 7) is 0. The van der Waals surface area contributed by atoms with Gasteiger partial charge in [0.1, 0.15) is 0 Å². The molecule has 0 radical (unpaired) electrons. The highest BCUT2D eigenvalue weighted by Crippen LogP contribution is 2.12. The maximum Gasteiger partial charge on any atom is 0.0410 e. The van der Waals surface area contributed by atoms with E-state index in [0.29, 0.717) is 0 Å². The monoisotopic (exact) mass is 261 g/mol. The molecule has 15 heavy (non-hydrogen) atoms. The first kappa shape index (κ1) is 10.4. The average molecular weight is 262 g/mol. The van der Waals surface area contributed by atoms with Gasteiger partial charge in [0.05, 0.1) is 0 Å². The summed E-state index contributed by atoms with van der Waals surface area (Å²) in [7, 11) is 0. The summed E-state index contributed by atoms with van der Waals surface area (Å²) in [5, 5.41) is 0. The van der Waals surface area contributed by atoms with Gasteiger partial charge in [0.25, 0.3) is 0 Å². The normalized spacial score (nSPS) is 10.2. The van der Waals surface area contributed by atoms with Crippen molar-refractivity contribution in [1.29, 1.82) is 0 Å². The van der Waals surface area contributed by atoms with Gasteiger partial charge < -0.3 is 0 Å². The summed E-state index contributed by atoms with van der Waals surface area (Å²) >= 11 is 3.43. The number of hydrogen-bond acceptors (Lipinski definition) is 1. The number of rotatable bonds is 3. The van der Waals surface area contributed by atoms with E-state index in [1.165, 1.54) is 11.1 Å². The highest BCUT2D eigenvalue weighted by atomic mass is 79.9. The van der Waals surface area contributed by atoms with Gasteiger partial charge >= 0.3 is 0 Å². The van der Waals surface area contributed by atoms with E-state index in [1.54, 1.807) is 0 Å². The highest BCUT2D eigenvalue weighted by molar-refractivity contribution is 9.10. The number of pyridine rings is 1. The van der Waals surface area contributed by atoms with Gasteiger partial charge in [-0.2, -0.15) is 0 Å². The van der Waals surface area contributed by atoms with Gasteiger partial charge in [0.2, 0.25) is 0 Å². The molecule has 0 N–H and O–H groups in total. The van der Waals surface area contributed by atoms with Crippen LogP contribution < -0.4 is 0 Å². The lowest BCUT2D eigenvalue weighted by Gasteiger charge is -2.01. The second-order valence-corrected chi connectivity index (χ2v) is 4.41. The van der Waals surface area contributed by atoms with Crippen LogP contribution in [0.15, 0.2) is 53.3 Å². The van der Waals surface area contributed by atoms with Crippen molar-refractivity contribution in [2.75, 3.05) is 0 Å². The first-order valence-electron chi connectivity index (χ1n) is 4.98. The molecule has 0 spiro atoms. The Labute approximate surface area is 98.3 Å². The third-order valence-corrected chi connectivity index (χ3v) is 2.74. The van der Waals surface area contributed by atoms with Gasteiger partial charge in [-0.05, 0) is 46.0 Å². The predicted molar refractivity (Wildman–Crippen MR) is 65.8 cm³/mol. The predicted octanol–water partition coefficient (Wildman–Crippen LogP) is 3.63. The van der Waals surface area contributed by atoms with Gasteiger partial charge in [-0.1, -0.05) is 30.3 Å². The second-order valence-electron chi connectivity index (χ2n) is 3.50. The fourth-order valence-corrected chi connectivity index (χ4v) is 1.94. The molecule has 2 rings (SSSR count). The molecule has 0 amide bonds. The number of aromatic nitrogens is 1. The van der Waals surface area contributed by atoms with Crippen molar-refractivity contribution in [2.45, 2.75) is 12.8 Å². The number of hydrogen-bond donors (Lipinski definition) is 0. The minimum absolute atomic E-state index is 1.04. The molecule has 0 aliphatic heterocycles. The molecular weight excluding hydrogens is 250 g/mol. The fourth-order valence-electron chi connectivity index (χ4n) is 1.53. The lowest BCUT2D eigenvalue weighted by molar-refractivity contribution is 0.948. The Hall–Kier alpha value is -1.15. The van der Waals surface area contributed by atoms with Crippen molar-refractivity contribution >= 4 is 15.9 Å². The summed E-state index contributed by atoms with van der Waals surface area (Å²) in [6.07, 6.45) is 5.84. The van der Waals surface area contributed by atoms with E-state index in [9.17, 15) is 0 Å². The van der Waals surface area contributed by atoms with E-state index in [0.717, 1.165) is 17.3 Å². The van der Waals surface area contributed by atoms with Crippen LogP contribution in [-0.4, -0.2) is 4.98 Å². The van der Waals surface area contributed by atoms with Crippen LogP contribution in [0.1, 0.15) is 11.1 Å². The summed E-state index contributed by atoms with van der Waals surface area (Å²) in [4.78, 5) is 4.15. The van der Waals surface area contributed by atoms with Crippen LogP contribution in [0, 0.1) is 0 Å². The van der Waals surface area contributed by atoms with E-state index in [1.807, 2.05) is 18.5 Å². The van der Waals surface area contributed by atoms with Crippen LogP contribution in [-0.2, 0) is 12.8 Å². The quantitative estimate of drug-likeness (QED) is 0.823. The first-order chi connectivity index (χ1) is 7.34. The smallest absolute Gasteiger partial charge is 0.0410 e. The Morgan fingerprint density at radius 3 is 2.40 bits per heavy atom. The minimum atomic E-state index is 1.04. The van der Waals surface area contributed by atoms with Crippen molar-refractivity contribution in [2.24, 2.45) is 0 Å². The third-order valence-electron chi connectivity index (χ3n) is 2.31. The maximum absolute atomic E-state index is 4.15. The molecule has 2 aromatic rings. The molecule has 0 saturated carbocycles. The van der Waals surface area contributed by atoms with Crippen LogP contribution in [0.5, 0.6) is 0 Å². The molecule has 0 atom stereocenters. The lowest BCUT2D eigenvalue weighted by Crippen LogP contribution is -1.91. The molecule has 1 aromatic carbocycles. The Balaban J connectivity index is 1.99. The van der Waals surface area contributed by atoms with Crippen molar-refractivity contribution in [3.05, 3.63) is 64.4 Å². The number of nitrogens with zero attached hydrogens (tertiary/aromatic N) is 1. The molecule has 0 fully saturated rings. The van der Waals surface area contributed by atoms with Crippen LogP contribution in [0.25, 0.3) is 0 Å².